The summed E-state index contributed by atoms with van der Waals surface area (Å²) in [7, 11) is 1.20. The zero-order valence-corrected chi connectivity index (χ0v) is 35.9. The summed E-state index contributed by atoms with van der Waals surface area (Å²) in [4.78, 5) is 51.7. The first-order valence-electron chi connectivity index (χ1n) is 21.1. The third-order valence-corrected chi connectivity index (χ3v) is 12.2. The summed E-state index contributed by atoms with van der Waals surface area (Å²) in [5.74, 6) is -7.00. The van der Waals surface area contributed by atoms with Crippen LogP contribution < -0.4 is 0 Å². The van der Waals surface area contributed by atoms with E-state index < -0.39 is 108 Å². The third kappa shape index (κ3) is 12.5. The summed E-state index contributed by atoms with van der Waals surface area (Å²) in [5.41, 5.74) is -1.49. The first-order valence-corrected chi connectivity index (χ1v) is 21.1. The largest absolute Gasteiger partial charge is 0.466 e. The number of rotatable bonds is 10. The monoisotopic (exact) mass is 836 g/mol. The molecule has 0 radical (unpaired) electrons. The molecule has 0 spiro atoms. The first kappa shape index (κ1) is 48.5. The fraction of sp³-hybridized carbons (Fsp3) is 0.773. The highest BCUT2D eigenvalue weighted by Crippen LogP contribution is 2.50. The maximum atomic E-state index is 13.4. The fourth-order valence-corrected chi connectivity index (χ4v) is 8.58. The summed E-state index contributed by atoms with van der Waals surface area (Å²) < 4.78 is 41.6. The molecule has 15 nitrogen and oxygen atoms in total. The molecule has 0 aliphatic carbocycles. The van der Waals surface area contributed by atoms with E-state index in [1.807, 2.05) is 0 Å². The summed E-state index contributed by atoms with van der Waals surface area (Å²) in [5, 5.41) is 46.6. The summed E-state index contributed by atoms with van der Waals surface area (Å²) in [6.07, 6.45) is 1.30. The number of esters is 4. The van der Waals surface area contributed by atoms with Crippen LogP contribution in [-0.2, 0) is 52.3 Å². The molecule has 10 atom stereocenters. The van der Waals surface area contributed by atoms with Gasteiger partial charge in [-0.15, -0.1) is 0 Å². The molecule has 0 aromatic carbocycles. The third-order valence-electron chi connectivity index (χ3n) is 12.2. The second kappa shape index (κ2) is 20.6. The average Bonchev–Trinajstić information content (AvgIpc) is 3.13. The number of carbonyl (C=O) groups is 4. The van der Waals surface area contributed by atoms with Gasteiger partial charge in [0, 0.05) is 50.5 Å². The molecular formula is C44H68O15. The molecule has 334 valence electrons. The highest BCUT2D eigenvalue weighted by molar-refractivity contribution is 5.83. The number of hydrogen-bond donors (Lipinski definition) is 4. The predicted molar refractivity (Wildman–Crippen MR) is 213 cm³/mol. The molecule has 4 aliphatic heterocycles. The lowest BCUT2D eigenvalue weighted by atomic mass is 9.70. The molecule has 4 rings (SSSR count). The van der Waals surface area contributed by atoms with Crippen molar-refractivity contribution in [3.8, 4) is 0 Å². The molecule has 0 aromatic rings. The summed E-state index contributed by atoms with van der Waals surface area (Å²) >= 11 is 0. The number of ether oxygens (including phenoxy) is 7. The van der Waals surface area contributed by atoms with Crippen molar-refractivity contribution < 1.29 is 72.8 Å². The zero-order chi connectivity index (χ0) is 43.8. The van der Waals surface area contributed by atoms with E-state index in [1.54, 1.807) is 39.8 Å². The quantitative estimate of drug-likeness (QED) is 0.0765. The number of hydrogen-bond acceptors (Lipinski definition) is 15. The van der Waals surface area contributed by atoms with Crippen LogP contribution in [0.3, 0.4) is 0 Å². The van der Waals surface area contributed by atoms with Crippen LogP contribution in [-0.4, -0.2) is 118 Å². The van der Waals surface area contributed by atoms with Gasteiger partial charge in [0.2, 0.25) is 5.79 Å². The van der Waals surface area contributed by atoms with Gasteiger partial charge in [-0.05, 0) is 31.3 Å². The highest BCUT2D eigenvalue weighted by atomic mass is 16.7. The Morgan fingerprint density at radius 1 is 0.932 bits per heavy atom. The van der Waals surface area contributed by atoms with Crippen molar-refractivity contribution in [2.45, 2.75) is 192 Å². The molecule has 59 heavy (non-hydrogen) atoms. The first-order chi connectivity index (χ1) is 27.6. The molecule has 0 unspecified atom stereocenters. The van der Waals surface area contributed by atoms with Crippen LogP contribution in [0.2, 0.25) is 0 Å². The molecule has 6 bridgehead atoms. The topological polar surface area (TPSA) is 214 Å². The maximum absolute atomic E-state index is 13.4. The Labute approximate surface area is 348 Å². The number of aliphatic hydroxyl groups excluding tert-OH is 2. The minimum Gasteiger partial charge on any atom is -0.466 e. The number of carbonyl (C=O) groups excluding carboxylic acids is 4. The van der Waals surface area contributed by atoms with Gasteiger partial charge in [0.1, 0.15) is 12.2 Å². The van der Waals surface area contributed by atoms with Crippen molar-refractivity contribution in [1.29, 1.82) is 0 Å². The smallest absolute Gasteiger partial charge is 0.330 e. The van der Waals surface area contributed by atoms with Crippen molar-refractivity contribution >= 4 is 23.9 Å². The fourth-order valence-electron chi connectivity index (χ4n) is 8.58. The molecule has 4 N–H and O–H groups in total. The van der Waals surface area contributed by atoms with Gasteiger partial charge in [0.05, 0.1) is 56.1 Å². The minimum absolute atomic E-state index is 0.0582. The lowest BCUT2D eigenvalue weighted by Gasteiger charge is -2.53. The van der Waals surface area contributed by atoms with Crippen LogP contribution in [0.15, 0.2) is 36.0 Å². The van der Waals surface area contributed by atoms with Crippen molar-refractivity contribution in [2.24, 2.45) is 10.8 Å². The van der Waals surface area contributed by atoms with Crippen molar-refractivity contribution in [2.75, 3.05) is 13.7 Å². The van der Waals surface area contributed by atoms with Gasteiger partial charge >= 0.3 is 23.9 Å². The zero-order valence-electron chi connectivity index (χ0n) is 35.9. The van der Waals surface area contributed by atoms with Crippen molar-refractivity contribution in [3.63, 3.8) is 0 Å². The van der Waals surface area contributed by atoms with E-state index in [0.29, 0.717) is 19.3 Å². The normalized spacial score (nSPS) is 36.4. The van der Waals surface area contributed by atoms with Gasteiger partial charge in [-0.25, -0.2) is 4.79 Å². The maximum Gasteiger partial charge on any atom is 0.330 e. The molecule has 0 saturated carbocycles. The molecule has 15 heteroatoms. The second-order valence-electron chi connectivity index (χ2n) is 17.9. The average molecular weight is 837 g/mol. The molecule has 4 heterocycles. The Balaban J connectivity index is 1.77. The molecule has 3 saturated heterocycles. The van der Waals surface area contributed by atoms with Crippen LogP contribution in [0, 0.1) is 10.8 Å². The number of unbranched alkanes of at least 4 members (excludes halogenated alkanes) is 4. The van der Waals surface area contributed by atoms with E-state index >= 15 is 0 Å². The van der Waals surface area contributed by atoms with Gasteiger partial charge in [-0.1, -0.05) is 84.6 Å². The van der Waals surface area contributed by atoms with Gasteiger partial charge in [0.25, 0.3) is 0 Å². The Morgan fingerprint density at radius 2 is 1.64 bits per heavy atom. The lowest BCUT2D eigenvalue weighted by molar-refractivity contribution is -0.348. The van der Waals surface area contributed by atoms with Crippen LogP contribution in [0.25, 0.3) is 0 Å². The molecular weight excluding hydrogens is 768 g/mol. The molecule has 0 aromatic heterocycles. The standard InChI is InChI=1S/C44H68O15/c1-9-10-11-12-13-14-37(48)57-40-29(20-38(49)53-8)19-32-23-35(26-45)56-39(50)22-30(47)21-33-24-36(54-28(3)46)42(6,7)43(51,58-33)25-34-18-27(2)17-31(55-34)15-16-41(4,5)44(40,52)59-32/h15-16,20,30-36,40,45,47,51-52H,2,9-14,17-19,21-26H2,1,3-8H3/b16-15+,29-20+/t30-,31+,32+,33-,34+,35-,36+,40+,43-,44-/m1/s1. The highest BCUT2D eigenvalue weighted by Gasteiger charge is 2.59. The Morgan fingerprint density at radius 3 is 2.31 bits per heavy atom. The lowest BCUT2D eigenvalue weighted by Crippen LogP contribution is -2.62. The summed E-state index contributed by atoms with van der Waals surface area (Å²) in [6, 6.07) is 0. The van der Waals surface area contributed by atoms with Crippen LogP contribution in [0.1, 0.15) is 131 Å². The Bertz CT molecular complexity index is 1550. The van der Waals surface area contributed by atoms with E-state index in [1.165, 1.54) is 14.0 Å². The van der Waals surface area contributed by atoms with E-state index in [9.17, 15) is 39.6 Å². The van der Waals surface area contributed by atoms with Gasteiger partial charge in [-0.3, -0.25) is 14.4 Å². The summed E-state index contributed by atoms with van der Waals surface area (Å²) in [6.45, 7) is 13.8. The number of cyclic esters (lactones) is 1. The van der Waals surface area contributed by atoms with E-state index in [4.69, 9.17) is 33.2 Å². The number of aliphatic hydroxyl groups is 4. The number of methoxy groups -OCH3 is 1. The van der Waals surface area contributed by atoms with E-state index in [2.05, 4.69) is 13.5 Å². The van der Waals surface area contributed by atoms with Gasteiger partial charge in [0.15, 0.2) is 11.9 Å². The van der Waals surface area contributed by atoms with Crippen molar-refractivity contribution in [3.05, 3.63) is 36.0 Å². The Kier molecular flexibility index (Phi) is 16.9. The SMILES string of the molecule is C=C1C[C@H]2C[C@@]3(O)O[C@H](C[C@@H](O)CC(=O)O[C@@H](CO)C[C@@H]4C/C(=C\C(=O)OC)[C@H](OC(=O)CCCCCCC)[C@@](O)(O4)C(C)(C)/C=C/[C@@H](C1)O2)C[C@H](OC(C)=O)C3(C)C. The van der Waals surface area contributed by atoms with E-state index in [-0.39, 0.29) is 44.1 Å². The van der Waals surface area contributed by atoms with Gasteiger partial charge < -0.3 is 53.6 Å². The second-order valence-corrected chi connectivity index (χ2v) is 17.9. The van der Waals surface area contributed by atoms with Crippen LogP contribution in [0.4, 0.5) is 0 Å². The molecule has 4 aliphatic rings. The molecule has 0 amide bonds. The predicted octanol–water partition coefficient (Wildman–Crippen LogP) is 4.80. The van der Waals surface area contributed by atoms with Crippen molar-refractivity contribution in [1.82, 2.24) is 0 Å². The molecule has 3 fully saturated rings. The van der Waals surface area contributed by atoms with Crippen LogP contribution >= 0.6 is 0 Å². The Hall–Kier alpha value is -3.18. The minimum atomic E-state index is -2.33. The van der Waals surface area contributed by atoms with E-state index in [0.717, 1.165) is 37.3 Å². The number of fused-ring (bicyclic) bond motifs is 6. The van der Waals surface area contributed by atoms with Gasteiger partial charge in [-0.2, -0.15) is 0 Å². The van der Waals surface area contributed by atoms with Crippen LogP contribution in [0.5, 0.6) is 0 Å².